The minimum absolute atomic E-state index is 0.000108. The van der Waals surface area contributed by atoms with Gasteiger partial charge in [-0.15, -0.1) is 11.3 Å². The van der Waals surface area contributed by atoms with Crippen molar-refractivity contribution >= 4 is 38.1 Å². The van der Waals surface area contributed by atoms with Gasteiger partial charge in [-0.1, -0.05) is 29.8 Å². The number of amides is 1. The number of sulfone groups is 1. The second-order valence-corrected chi connectivity index (χ2v) is 9.77. The van der Waals surface area contributed by atoms with Crippen LogP contribution in [0.3, 0.4) is 0 Å². The van der Waals surface area contributed by atoms with Crippen molar-refractivity contribution in [1.82, 2.24) is 0 Å². The smallest absolute Gasteiger partial charge is 0.341 e. The van der Waals surface area contributed by atoms with Crippen LogP contribution in [0.25, 0.3) is 0 Å². The van der Waals surface area contributed by atoms with E-state index in [0.29, 0.717) is 21.0 Å². The topological polar surface area (TPSA) is 89.5 Å². The highest BCUT2D eigenvalue weighted by atomic mass is 32.2. The first-order chi connectivity index (χ1) is 12.8. The molecule has 2 heterocycles. The monoisotopic (exact) mass is 407 g/mol. The van der Waals surface area contributed by atoms with E-state index in [4.69, 9.17) is 4.74 Å². The maximum Gasteiger partial charge on any atom is 0.341 e. The molecule has 3 rings (SSSR count). The van der Waals surface area contributed by atoms with E-state index in [0.717, 1.165) is 22.5 Å². The molecule has 0 atom stereocenters. The molecule has 2 aromatic rings. The largest absolute Gasteiger partial charge is 0.462 e. The van der Waals surface area contributed by atoms with Gasteiger partial charge in [0.25, 0.3) is 0 Å². The quantitative estimate of drug-likeness (QED) is 0.770. The summed E-state index contributed by atoms with van der Waals surface area (Å²) in [4.78, 5) is 25.5. The third kappa shape index (κ3) is 4.56. The molecule has 0 radical (unpaired) electrons. The number of hydrogen-bond donors (Lipinski definition) is 1. The van der Waals surface area contributed by atoms with E-state index in [2.05, 4.69) is 5.32 Å². The molecule has 0 saturated carbocycles. The molecule has 0 saturated heterocycles. The maximum atomic E-state index is 12.5. The van der Waals surface area contributed by atoms with Gasteiger partial charge in [-0.05, 0) is 31.4 Å². The molecule has 0 aliphatic carbocycles. The van der Waals surface area contributed by atoms with Gasteiger partial charge in [-0.25, -0.2) is 13.2 Å². The summed E-state index contributed by atoms with van der Waals surface area (Å²) < 4.78 is 29.0. The Morgan fingerprint density at radius 2 is 1.93 bits per heavy atom. The summed E-state index contributed by atoms with van der Waals surface area (Å²) in [5.41, 5.74) is 2.94. The number of carbonyl (C=O) groups excluding carboxylic acids is 2. The molecular formula is C19H21NO5S2. The van der Waals surface area contributed by atoms with E-state index in [-0.39, 0.29) is 36.9 Å². The molecule has 27 heavy (non-hydrogen) atoms. The van der Waals surface area contributed by atoms with Crippen molar-refractivity contribution in [3.63, 3.8) is 0 Å². The highest BCUT2D eigenvalue weighted by Gasteiger charge is 2.31. The summed E-state index contributed by atoms with van der Waals surface area (Å²) in [6, 6.07) is 7.63. The van der Waals surface area contributed by atoms with E-state index >= 15 is 0 Å². The van der Waals surface area contributed by atoms with Crippen molar-refractivity contribution < 1.29 is 22.7 Å². The van der Waals surface area contributed by atoms with Crippen LogP contribution >= 0.6 is 11.3 Å². The number of fused-ring (bicyclic) bond motifs is 1. The lowest BCUT2D eigenvalue weighted by Gasteiger charge is -2.13. The van der Waals surface area contributed by atoms with E-state index in [1.54, 1.807) is 6.92 Å². The molecule has 0 spiro atoms. The summed E-state index contributed by atoms with van der Waals surface area (Å²) in [5, 5.41) is 3.15. The number of thiophene rings is 1. The van der Waals surface area contributed by atoms with Gasteiger partial charge in [0.05, 0.1) is 30.1 Å². The molecule has 144 valence electrons. The van der Waals surface area contributed by atoms with Crippen LogP contribution in [0.15, 0.2) is 24.3 Å². The van der Waals surface area contributed by atoms with Crippen LogP contribution in [0.4, 0.5) is 5.00 Å². The first-order valence-electron chi connectivity index (χ1n) is 8.66. The lowest BCUT2D eigenvalue weighted by Crippen LogP contribution is -2.20. The SMILES string of the molecule is CCOC(=O)c1c(NC(=O)Cc2ccc(C)cc2)sc2c1CCS(=O)(=O)C2. The van der Waals surface area contributed by atoms with Gasteiger partial charge in [0.15, 0.2) is 9.84 Å². The Morgan fingerprint density at radius 1 is 1.22 bits per heavy atom. The molecule has 8 heteroatoms. The van der Waals surface area contributed by atoms with E-state index in [1.165, 1.54) is 0 Å². The fourth-order valence-electron chi connectivity index (χ4n) is 2.99. The second kappa shape index (κ2) is 7.82. The number of nitrogens with one attached hydrogen (secondary N) is 1. The summed E-state index contributed by atoms with van der Waals surface area (Å²) in [5.74, 6) is -0.890. The molecule has 6 nitrogen and oxygen atoms in total. The normalized spacial score (nSPS) is 15.0. The molecular weight excluding hydrogens is 386 g/mol. The van der Waals surface area contributed by atoms with Gasteiger partial charge in [0.2, 0.25) is 5.91 Å². The highest BCUT2D eigenvalue weighted by molar-refractivity contribution is 7.90. The van der Waals surface area contributed by atoms with Crippen molar-refractivity contribution in [1.29, 1.82) is 0 Å². The van der Waals surface area contributed by atoms with Crippen LogP contribution in [0, 0.1) is 6.92 Å². The standard InChI is InChI=1S/C19H21NO5S2/c1-3-25-19(22)17-14-8-9-27(23,24)11-15(14)26-18(17)20-16(21)10-13-6-4-12(2)5-7-13/h4-7H,3,8-11H2,1-2H3,(H,20,21). The van der Waals surface area contributed by atoms with Crippen molar-refractivity contribution in [3.05, 3.63) is 51.4 Å². The number of hydrogen-bond acceptors (Lipinski definition) is 6. The summed E-state index contributed by atoms with van der Waals surface area (Å²) in [6.07, 6.45) is 0.430. The van der Waals surface area contributed by atoms with Gasteiger partial charge in [-0.3, -0.25) is 4.79 Å². The number of rotatable bonds is 5. The molecule has 0 bridgehead atoms. The van der Waals surface area contributed by atoms with Gasteiger partial charge in [-0.2, -0.15) is 0 Å². The van der Waals surface area contributed by atoms with Gasteiger partial charge < -0.3 is 10.1 Å². The average Bonchev–Trinajstić information content (AvgIpc) is 2.92. The third-order valence-electron chi connectivity index (χ3n) is 4.32. The molecule has 0 fully saturated rings. The lowest BCUT2D eigenvalue weighted by atomic mass is 10.1. The molecule has 1 aromatic heterocycles. The zero-order chi connectivity index (χ0) is 19.6. The summed E-state index contributed by atoms with van der Waals surface area (Å²) >= 11 is 1.15. The first-order valence-corrected chi connectivity index (χ1v) is 11.3. The molecule has 1 aliphatic rings. The predicted octanol–water partition coefficient (Wildman–Crippen LogP) is 2.89. The van der Waals surface area contributed by atoms with Crippen molar-refractivity contribution in [3.8, 4) is 0 Å². The van der Waals surface area contributed by atoms with E-state index in [1.807, 2.05) is 31.2 Å². The minimum atomic E-state index is -3.17. The van der Waals surface area contributed by atoms with Crippen LogP contribution < -0.4 is 5.32 Å². The van der Waals surface area contributed by atoms with Crippen LogP contribution in [0.1, 0.15) is 38.8 Å². The van der Waals surface area contributed by atoms with Gasteiger partial charge >= 0.3 is 5.97 Å². The first kappa shape index (κ1) is 19.6. The summed E-state index contributed by atoms with van der Waals surface area (Å²) in [6.45, 7) is 3.88. The second-order valence-electron chi connectivity index (χ2n) is 6.48. The fraction of sp³-hybridized carbons (Fsp3) is 0.368. The van der Waals surface area contributed by atoms with Crippen molar-refractivity contribution in [2.45, 2.75) is 32.4 Å². The highest BCUT2D eigenvalue weighted by Crippen LogP contribution is 2.38. The average molecular weight is 408 g/mol. The zero-order valence-corrected chi connectivity index (χ0v) is 16.8. The van der Waals surface area contributed by atoms with E-state index < -0.39 is 15.8 Å². The summed E-state index contributed by atoms with van der Waals surface area (Å²) in [7, 11) is -3.17. The van der Waals surface area contributed by atoms with Crippen molar-refractivity contribution in [2.24, 2.45) is 0 Å². The Labute approximate surface area is 162 Å². The van der Waals surface area contributed by atoms with Crippen LogP contribution in [0.2, 0.25) is 0 Å². The lowest BCUT2D eigenvalue weighted by molar-refractivity contribution is -0.115. The van der Waals surface area contributed by atoms with Crippen molar-refractivity contribution in [2.75, 3.05) is 17.7 Å². The predicted molar refractivity (Wildman–Crippen MR) is 105 cm³/mol. The Bertz CT molecular complexity index is 974. The Morgan fingerprint density at radius 3 is 2.59 bits per heavy atom. The van der Waals surface area contributed by atoms with E-state index in [9.17, 15) is 18.0 Å². The molecule has 1 aromatic carbocycles. The van der Waals surface area contributed by atoms with Gasteiger partial charge in [0.1, 0.15) is 5.00 Å². The van der Waals surface area contributed by atoms with Crippen LogP contribution in [-0.4, -0.2) is 32.7 Å². The number of carbonyl (C=O) groups is 2. The third-order valence-corrected chi connectivity index (χ3v) is 7.21. The Kier molecular flexibility index (Phi) is 5.67. The van der Waals surface area contributed by atoms with Crippen LogP contribution in [-0.2, 0) is 38.0 Å². The molecule has 1 amide bonds. The number of anilines is 1. The van der Waals surface area contributed by atoms with Gasteiger partial charge in [0, 0.05) is 4.88 Å². The molecule has 1 N–H and O–H groups in total. The number of benzene rings is 1. The Hall–Kier alpha value is -2.19. The zero-order valence-electron chi connectivity index (χ0n) is 15.2. The molecule has 1 aliphatic heterocycles. The maximum absolute atomic E-state index is 12.5. The molecule has 0 unspecified atom stereocenters. The number of aryl methyl sites for hydroxylation is 1. The number of esters is 1. The fourth-order valence-corrected chi connectivity index (χ4v) is 6.05. The minimum Gasteiger partial charge on any atom is -0.462 e. The Balaban J connectivity index is 1.87. The number of ether oxygens (including phenoxy) is 1. The van der Waals surface area contributed by atoms with Crippen LogP contribution in [0.5, 0.6) is 0 Å².